The normalized spacial score (nSPS) is 19.8. The summed E-state index contributed by atoms with van der Waals surface area (Å²) in [5, 5.41) is 0. The Morgan fingerprint density at radius 1 is 1.04 bits per heavy atom. The van der Waals surface area contributed by atoms with Crippen LogP contribution in [0.5, 0.6) is 0 Å². The minimum absolute atomic E-state index is 0.156. The summed E-state index contributed by atoms with van der Waals surface area (Å²) in [5.74, 6) is -0.431. The molecular formula is C19H22FNO2S. The quantitative estimate of drug-likeness (QED) is 0.823. The van der Waals surface area contributed by atoms with Crippen molar-refractivity contribution in [3.8, 4) is 0 Å². The van der Waals surface area contributed by atoms with Crippen LogP contribution in [0, 0.1) is 12.7 Å². The zero-order chi connectivity index (χ0) is 17.2. The van der Waals surface area contributed by atoms with Crippen molar-refractivity contribution in [2.45, 2.75) is 43.5 Å². The van der Waals surface area contributed by atoms with E-state index < -0.39 is 15.8 Å². The second-order valence-corrected chi connectivity index (χ2v) is 8.24. The van der Waals surface area contributed by atoms with E-state index in [1.54, 1.807) is 4.31 Å². The number of nitrogens with zero attached hydrogens (tertiary/aromatic N) is 1. The summed E-state index contributed by atoms with van der Waals surface area (Å²) in [4.78, 5) is 0.156. The highest BCUT2D eigenvalue weighted by atomic mass is 32.2. The molecule has 0 radical (unpaired) electrons. The minimum atomic E-state index is -3.65. The van der Waals surface area contributed by atoms with Gasteiger partial charge in [0.05, 0.1) is 10.9 Å². The third-order valence-corrected chi connectivity index (χ3v) is 6.47. The van der Waals surface area contributed by atoms with Gasteiger partial charge in [0.25, 0.3) is 0 Å². The lowest BCUT2D eigenvalue weighted by Gasteiger charge is -2.29. The van der Waals surface area contributed by atoms with Crippen LogP contribution in [0.25, 0.3) is 0 Å². The molecule has 1 saturated heterocycles. The molecule has 0 saturated carbocycles. The van der Waals surface area contributed by atoms with Gasteiger partial charge in [0.1, 0.15) is 5.82 Å². The molecule has 0 N–H and O–H groups in total. The van der Waals surface area contributed by atoms with Crippen LogP contribution in [0.15, 0.2) is 53.4 Å². The molecule has 0 aliphatic carbocycles. The van der Waals surface area contributed by atoms with E-state index in [0.717, 1.165) is 36.8 Å². The maximum Gasteiger partial charge on any atom is 0.243 e. The standard InChI is InChI=1S/C19H22FNO2S/c1-15-6-5-7-16(14-15)19-8-3-2-4-13-21(19)24(22,23)18-11-9-17(20)10-12-18/h5-7,9-12,14,19H,2-4,8,13H2,1H3. The van der Waals surface area contributed by atoms with E-state index in [9.17, 15) is 12.8 Å². The molecule has 1 aliphatic rings. The van der Waals surface area contributed by atoms with Gasteiger partial charge in [-0.25, -0.2) is 12.8 Å². The van der Waals surface area contributed by atoms with Crippen LogP contribution in [0.3, 0.4) is 0 Å². The molecule has 1 heterocycles. The molecule has 1 unspecified atom stereocenters. The van der Waals surface area contributed by atoms with Crippen molar-refractivity contribution in [2.75, 3.05) is 6.54 Å². The van der Waals surface area contributed by atoms with Gasteiger partial charge in [0.15, 0.2) is 0 Å². The third kappa shape index (κ3) is 3.52. The first-order chi connectivity index (χ1) is 11.5. The molecule has 5 heteroatoms. The molecule has 1 atom stereocenters. The summed E-state index contributed by atoms with van der Waals surface area (Å²) in [6, 6.07) is 13.0. The molecule has 1 aliphatic heterocycles. The predicted molar refractivity (Wildman–Crippen MR) is 92.7 cm³/mol. The van der Waals surface area contributed by atoms with Crippen molar-refractivity contribution in [1.82, 2.24) is 4.31 Å². The predicted octanol–water partition coefficient (Wildman–Crippen LogP) is 4.44. The number of benzene rings is 2. The van der Waals surface area contributed by atoms with Gasteiger partial charge in [-0.05, 0) is 49.6 Å². The monoisotopic (exact) mass is 347 g/mol. The zero-order valence-electron chi connectivity index (χ0n) is 13.8. The Hall–Kier alpha value is -1.72. The molecule has 2 aromatic carbocycles. The molecule has 0 spiro atoms. The van der Waals surface area contributed by atoms with E-state index in [1.807, 2.05) is 25.1 Å². The summed E-state index contributed by atoms with van der Waals surface area (Å²) in [6.45, 7) is 2.51. The van der Waals surface area contributed by atoms with Gasteiger partial charge in [0, 0.05) is 6.54 Å². The van der Waals surface area contributed by atoms with Crippen molar-refractivity contribution in [1.29, 1.82) is 0 Å². The number of sulfonamides is 1. The van der Waals surface area contributed by atoms with Crippen LogP contribution >= 0.6 is 0 Å². The highest BCUT2D eigenvalue weighted by molar-refractivity contribution is 7.89. The Balaban J connectivity index is 2.02. The van der Waals surface area contributed by atoms with Gasteiger partial charge in [0.2, 0.25) is 10.0 Å². The number of hydrogen-bond acceptors (Lipinski definition) is 2. The molecule has 128 valence electrons. The number of halogens is 1. The number of rotatable bonds is 3. The fraction of sp³-hybridized carbons (Fsp3) is 0.368. The fourth-order valence-electron chi connectivity index (χ4n) is 3.32. The topological polar surface area (TPSA) is 37.4 Å². The lowest BCUT2D eigenvalue weighted by atomic mass is 10.0. The highest BCUT2D eigenvalue weighted by Crippen LogP contribution is 2.34. The Kier molecular flexibility index (Phi) is 5.01. The molecule has 2 aromatic rings. The van der Waals surface area contributed by atoms with Gasteiger partial charge in [-0.15, -0.1) is 0 Å². The Labute approximate surface area is 143 Å². The second-order valence-electron chi connectivity index (χ2n) is 6.35. The maximum absolute atomic E-state index is 13.2. The summed E-state index contributed by atoms with van der Waals surface area (Å²) < 4.78 is 41.0. The molecule has 1 fully saturated rings. The van der Waals surface area contributed by atoms with Crippen LogP contribution < -0.4 is 0 Å². The smallest absolute Gasteiger partial charge is 0.207 e. The average Bonchev–Trinajstić information content (AvgIpc) is 2.81. The molecule has 0 aromatic heterocycles. The van der Waals surface area contributed by atoms with Gasteiger partial charge >= 0.3 is 0 Å². The van der Waals surface area contributed by atoms with Crippen LogP contribution in [-0.2, 0) is 10.0 Å². The Morgan fingerprint density at radius 2 is 1.79 bits per heavy atom. The lowest BCUT2D eigenvalue weighted by molar-refractivity contribution is 0.329. The van der Waals surface area contributed by atoms with Gasteiger partial charge in [-0.3, -0.25) is 0 Å². The Bertz CT molecular complexity index is 802. The SMILES string of the molecule is Cc1cccc(C2CCCCCN2S(=O)(=O)c2ccc(F)cc2)c1. The summed E-state index contributed by atoms with van der Waals surface area (Å²) in [5.41, 5.74) is 2.15. The van der Waals surface area contributed by atoms with Crippen LogP contribution in [0.2, 0.25) is 0 Å². The Morgan fingerprint density at radius 3 is 2.50 bits per heavy atom. The van der Waals surface area contributed by atoms with E-state index in [1.165, 1.54) is 24.3 Å². The van der Waals surface area contributed by atoms with E-state index in [2.05, 4.69) is 6.07 Å². The van der Waals surface area contributed by atoms with Crippen molar-refractivity contribution in [3.63, 3.8) is 0 Å². The molecule has 0 bridgehead atoms. The van der Waals surface area contributed by atoms with E-state index in [0.29, 0.717) is 6.54 Å². The van der Waals surface area contributed by atoms with Gasteiger partial charge in [-0.2, -0.15) is 4.31 Å². The van der Waals surface area contributed by atoms with Gasteiger partial charge in [-0.1, -0.05) is 42.7 Å². The summed E-state index contributed by atoms with van der Waals surface area (Å²) in [7, 11) is -3.65. The highest BCUT2D eigenvalue weighted by Gasteiger charge is 2.33. The van der Waals surface area contributed by atoms with E-state index in [4.69, 9.17) is 0 Å². The third-order valence-electron chi connectivity index (χ3n) is 4.55. The molecule has 24 heavy (non-hydrogen) atoms. The van der Waals surface area contributed by atoms with Crippen molar-refractivity contribution in [3.05, 3.63) is 65.5 Å². The minimum Gasteiger partial charge on any atom is -0.207 e. The largest absolute Gasteiger partial charge is 0.243 e. The van der Waals surface area contributed by atoms with Crippen molar-refractivity contribution >= 4 is 10.0 Å². The summed E-state index contributed by atoms with van der Waals surface area (Å²) >= 11 is 0. The van der Waals surface area contributed by atoms with Crippen molar-refractivity contribution < 1.29 is 12.8 Å². The average molecular weight is 347 g/mol. The van der Waals surface area contributed by atoms with Crippen LogP contribution in [0.1, 0.15) is 42.9 Å². The van der Waals surface area contributed by atoms with Crippen LogP contribution in [0.4, 0.5) is 4.39 Å². The van der Waals surface area contributed by atoms with Crippen molar-refractivity contribution in [2.24, 2.45) is 0 Å². The molecule has 0 amide bonds. The zero-order valence-corrected chi connectivity index (χ0v) is 14.6. The second kappa shape index (κ2) is 7.03. The van der Waals surface area contributed by atoms with E-state index in [-0.39, 0.29) is 10.9 Å². The lowest BCUT2D eigenvalue weighted by Crippen LogP contribution is -2.34. The van der Waals surface area contributed by atoms with Crippen LogP contribution in [-0.4, -0.2) is 19.3 Å². The first-order valence-electron chi connectivity index (χ1n) is 8.32. The first kappa shape index (κ1) is 17.1. The maximum atomic E-state index is 13.2. The molecule has 3 rings (SSSR count). The van der Waals surface area contributed by atoms with E-state index >= 15 is 0 Å². The van der Waals surface area contributed by atoms with Gasteiger partial charge < -0.3 is 0 Å². The number of aryl methyl sites for hydroxylation is 1. The molecule has 3 nitrogen and oxygen atoms in total. The fourth-order valence-corrected chi connectivity index (χ4v) is 5.00. The summed E-state index contributed by atoms with van der Waals surface area (Å²) in [6.07, 6.45) is 3.69. The molecular weight excluding hydrogens is 325 g/mol. The first-order valence-corrected chi connectivity index (χ1v) is 9.76. The number of hydrogen-bond donors (Lipinski definition) is 0.